The molecule has 0 radical (unpaired) electrons. The molecule has 0 saturated heterocycles. The Morgan fingerprint density at radius 1 is 0.857 bits per heavy atom. The van der Waals surface area contributed by atoms with E-state index in [1.54, 1.807) is 36.4 Å². The van der Waals surface area contributed by atoms with E-state index in [9.17, 15) is 9.18 Å². The Bertz CT molecular complexity index is 578. The summed E-state index contributed by atoms with van der Waals surface area (Å²) < 4.78 is 28.5. The van der Waals surface area contributed by atoms with Crippen molar-refractivity contribution in [1.82, 2.24) is 0 Å². The summed E-state index contributed by atoms with van der Waals surface area (Å²) in [5.41, 5.74) is 0. The molecular weight excluding hydrogens is 275 g/mol. The largest absolute Gasteiger partial charge is 0.490 e. The van der Waals surface area contributed by atoms with Crippen molar-refractivity contribution < 1.29 is 23.4 Å². The Balaban J connectivity index is 1.73. The smallest absolute Gasteiger partial charge is 0.308 e. The Hall–Kier alpha value is -2.56. The predicted octanol–water partition coefficient (Wildman–Crippen LogP) is 3.21. The van der Waals surface area contributed by atoms with Crippen molar-refractivity contribution in [2.75, 3.05) is 13.2 Å². The van der Waals surface area contributed by atoms with Crippen LogP contribution in [-0.4, -0.2) is 19.2 Å². The standard InChI is InChI=1S/C16H15FO4/c1-12(18)21-16-8-6-15(7-9-16)20-11-10-19-14-4-2-13(17)3-5-14/h2-9H,10-11H2,1H3. The van der Waals surface area contributed by atoms with Crippen LogP contribution >= 0.6 is 0 Å². The molecular formula is C16H15FO4. The minimum absolute atomic E-state index is 0.300. The van der Waals surface area contributed by atoms with Gasteiger partial charge in [-0.3, -0.25) is 4.79 Å². The molecule has 0 fully saturated rings. The lowest BCUT2D eigenvalue weighted by Gasteiger charge is -2.09. The van der Waals surface area contributed by atoms with Crippen LogP contribution in [0.5, 0.6) is 17.2 Å². The second-order valence-corrected chi connectivity index (χ2v) is 4.22. The highest BCUT2D eigenvalue weighted by Gasteiger charge is 2.00. The third-order valence-corrected chi connectivity index (χ3v) is 2.52. The lowest BCUT2D eigenvalue weighted by Crippen LogP contribution is -2.09. The van der Waals surface area contributed by atoms with Gasteiger partial charge in [-0.1, -0.05) is 0 Å². The van der Waals surface area contributed by atoms with Gasteiger partial charge in [0, 0.05) is 6.92 Å². The van der Waals surface area contributed by atoms with Gasteiger partial charge in [0.1, 0.15) is 36.3 Å². The van der Waals surface area contributed by atoms with Crippen LogP contribution in [0.3, 0.4) is 0 Å². The number of hydrogen-bond donors (Lipinski definition) is 0. The molecule has 21 heavy (non-hydrogen) atoms. The maximum Gasteiger partial charge on any atom is 0.308 e. The molecule has 0 unspecified atom stereocenters. The summed E-state index contributed by atoms with van der Waals surface area (Å²) >= 11 is 0. The highest BCUT2D eigenvalue weighted by Crippen LogP contribution is 2.17. The first-order chi connectivity index (χ1) is 10.1. The van der Waals surface area contributed by atoms with E-state index in [2.05, 4.69) is 0 Å². The van der Waals surface area contributed by atoms with Crippen LogP contribution in [0, 0.1) is 5.82 Å². The van der Waals surface area contributed by atoms with E-state index in [4.69, 9.17) is 14.2 Å². The molecule has 0 aliphatic carbocycles. The average molecular weight is 290 g/mol. The molecule has 2 aromatic rings. The quantitative estimate of drug-likeness (QED) is 0.465. The number of carbonyl (C=O) groups excluding carboxylic acids is 1. The van der Waals surface area contributed by atoms with Crippen LogP contribution in [0.1, 0.15) is 6.92 Å². The van der Waals surface area contributed by atoms with Gasteiger partial charge < -0.3 is 14.2 Å². The molecule has 0 amide bonds. The van der Waals surface area contributed by atoms with Crippen LogP contribution in [0.15, 0.2) is 48.5 Å². The van der Waals surface area contributed by atoms with E-state index in [0.717, 1.165) is 0 Å². The number of hydrogen-bond acceptors (Lipinski definition) is 4. The van der Waals surface area contributed by atoms with Gasteiger partial charge in [0.05, 0.1) is 0 Å². The van der Waals surface area contributed by atoms with Crippen molar-refractivity contribution in [1.29, 1.82) is 0 Å². The number of ether oxygens (including phenoxy) is 3. The summed E-state index contributed by atoms with van der Waals surface area (Å²) in [6.45, 7) is 2.04. The fourth-order valence-electron chi connectivity index (χ4n) is 1.62. The third kappa shape index (κ3) is 5.14. The van der Waals surface area contributed by atoms with Gasteiger partial charge in [0.25, 0.3) is 0 Å². The molecule has 110 valence electrons. The molecule has 2 aromatic carbocycles. The molecule has 0 atom stereocenters. The topological polar surface area (TPSA) is 44.8 Å². The molecule has 0 aromatic heterocycles. The Labute approximate surface area is 122 Å². The molecule has 0 bridgehead atoms. The van der Waals surface area contributed by atoms with Crippen LogP contribution in [0.2, 0.25) is 0 Å². The molecule has 0 aliphatic heterocycles. The average Bonchev–Trinajstić information content (AvgIpc) is 2.46. The van der Waals surface area contributed by atoms with Crippen LogP contribution in [0.25, 0.3) is 0 Å². The monoisotopic (exact) mass is 290 g/mol. The van der Waals surface area contributed by atoms with E-state index in [0.29, 0.717) is 30.5 Å². The molecule has 0 aliphatic rings. The fourth-order valence-corrected chi connectivity index (χ4v) is 1.62. The summed E-state index contributed by atoms with van der Waals surface area (Å²) in [6.07, 6.45) is 0. The minimum Gasteiger partial charge on any atom is -0.490 e. The molecule has 0 saturated carbocycles. The van der Waals surface area contributed by atoms with E-state index in [1.165, 1.54) is 19.1 Å². The highest BCUT2D eigenvalue weighted by molar-refractivity contribution is 5.69. The molecule has 4 nitrogen and oxygen atoms in total. The number of benzene rings is 2. The SMILES string of the molecule is CC(=O)Oc1ccc(OCCOc2ccc(F)cc2)cc1. The van der Waals surface area contributed by atoms with Crippen molar-refractivity contribution in [2.24, 2.45) is 0 Å². The van der Waals surface area contributed by atoms with Gasteiger partial charge in [-0.2, -0.15) is 0 Å². The van der Waals surface area contributed by atoms with Crippen LogP contribution < -0.4 is 14.2 Å². The van der Waals surface area contributed by atoms with E-state index < -0.39 is 0 Å². The lowest BCUT2D eigenvalue weighted by molar-refractivity contribution is -0.131. The maximum atomic E-state index is 12.7. The normalized spacial score (nSPS) is 10.0. The Kier molecular flexibility index (Phi) is 5.15. The van der Waals surface area contributed by atoms with Gasteiger partial charge >= 0.3 is 5.97 Å². The summed E-state index contributed by atoms with van der Waals surface area (Å²) in [5.74, 6) is 1.04. The number of carbonyl (C=O) groups is 1. The van der Waals surface area contributed by atoms with E-state index >= 15 is 0 Å². The first-order valence-electron chi connectivity index (χ1n) is 6.43. The van der Waals surface area contributed by atoms with E-state index in [-0.39, 0.29) is 11.8 Å². The molecule has 5 heteroatoms. The summed E-state index contributed by atoms with van der Waals surface area (Å²) in [5, 5.41) is 0. The highest BCUT2D eigenvalue weighted by atomic mass is 19.1. The van der Waals surface area contributed by atoms with Crippen molar-refractivity contribution >= 4 is 5.97 Å². The Morgan fingerprint density at radius 2 is 1.29 bits per heavy atom. The molecule has 0 heterocycles. The Morgan fingerprint density at radius 3 is 1.76 bits per heavy atom. The number of rotatable bonds is 6. The zero-order chi connectivity index (χ0) is 15.1. The number of halogens is 1. The van der Waals surface area contributed by atoms with Gasteiger partial charge in [0.2, 0.25) is 0 Å². The van der Waals surface area contributed by atoms with Crippen LogP contribution in [0.4, 0.5) is 4.39 Å². The lowest BCUT2D eigenvalue weighted by atomic mass is 10.3. The van der Waals surface area contributed by atoms with Gasteiger partial charge in [-0.05, 0) is 48.5 Å². The van der Waals surface area contributed by atoms with Crippen molar-refractivity contribution in [3.8, 4) is 17.2 Å². The molecule has 0 N–H and O–H groups in total. The summed E-state index contributed by atoms with van der Waals surface area (Å²) in [4.78, 5) is 10.8. The van der Waals surface area contributed by atoms with E-state index in [1.807, 2.05) is 0 Å². The summed E-state index contributed by atoms with van der Waals surface area (Å²) in [6, 6.07) is 12.5. The predicted molar refractivity (Wildman–Crippen MR) is 75.1 cm³/mol. The zero-order valence-electron chi connectivity index (χ0n) is 11.5. The first kappa shape index (κ1) is 14.8. The first-order valence-corrected chi connectivity index (χ1v) is 6.43. The minimum atomic E-state index is -0.364. The molecule has 0 spiro atoms. The van der Waals surface area contributed by atoms with Gasteiger partial charge in [-0.15, -0.1) is 0 Å². The zero-order valence-corrected chi connectivity index (χ0v) is 11.5. The van der Waals surface area contributed by atoms with Crippen molar-refractivity contribution in [3.63, 3.8) is 0 Å². The second-order valence-electron chi connectivity index (χ2n) is 4.22. The third-order valence-electron chi connectivity index (χ3n) is 2.52. The number of esters is 1. The van der Waals surface area contributed by atoms with Crippen molar-refractivity contribution in [2.45, 2.75) is 6.92 Å². The summed E-state index contributed by atoms with van der Waals surface area (Å²) in [7, 11) is 0. The maximum absolute atomic E-state index is 12.7. The van der Waals surface area contributed by atoms with Gasteiger partial charge in [-0.25, -0.2) is 4.39 Å². The van der Waals surface area contributed by atoms with Gasteiger partial charge in [0.15, 0.2) is 0 Å². The van der Waals surface area contributed by atoms with Crippen molar-refractivity contribution in [3.05, 3.63) is 54.3 Å². The fraction of sp³-hybridized carbons (Fsp3) is 0.188. The second kappa shape index (κ2) is 7.28. The van der Waals surface area contributed by atoms with Crippen LogP contribution in [-0.2, 0) is 4.79 Å². The molecule has 2 rings (SSSR count).